The molecular weight excluding hydrogens is 393 g/mol. The van der Waals surface area contributed by atoms with E-state index in [1.165, 1.54) is 29.0 Å². The molecule has 7 heteroatoms. The molecule has 0 bridgehead atoms. The molecule has 4 aromatic rings. The van der Waals surface area contributed by atoms with Crippen LogP contribution in [0.15, 0.2) is 64.4 Å². The minimum atomic E-state index is -0.360. The van der Waals surface area contributed by atoms with Crippen molar-refractivity contribution in [1.29, 1.82) is 0 Å². The number of aromatic nitrogens is 3. The van der Waals surface area contributed by atoms with Gasteiger partial charge in [0, 0.05) is 41.2 Å². The number of benzene rings is 1. The average molecular weight is 410 g/mol. The molecule has 3 aromatic heterocycles. The summed E-state index contributed by atoms with van der Waals surface area (Å²) in [5.74, 6) is -0.360. The maximum Gasteiger partial charge on any atom is 0.269 e. The summed E-state index contributed by atoms with van der Waals surface area (Å²) in [6.45, 7) is 3.76. The first-order chi connectivity index (χ1) is 13.8. The van der Waals surface area contributed by atoms with E-state index in [0.29, 0.717) is 33.4 Å². The lowest BCUT2D eigenvalue weighted by Gasteiger charge is -2.15. The third-order valence-electron chi connectivity index (χ3n) is 4.73. The summed E-state index contributed by atoms with van der Waals surface area (Å²) >= 11 is 6.21. The van der Waals surface area contributed by atoms with Crippen LogP contribution in [0.5, 0.6) is 0 Å². The molecule has 4 rings (SSSR count). The van der Waals surface area contributed by atoms with Crippen LogP contribution < -0.4 is 11.0 Å². The molecule has 0 amide bonds. The molecule has 5 nitrogen and oxygen atoms in total. The van der Waals surface area contributed by atoms with E-state index in [1.807, 2.05) is 13.8 Å². The largest absolute Gasteiger partial charge is 0.346 e. The Labute approximate surface area is 170 Å². The fraction of sp³-hybridized carbons (Fsp3) is 0.136. The second-order valence-electron chi connectivity index (χ2n) is 7.01. The third kappa shape index (κ3) is 3.47. The number of aromatic amines is 1. The highest BCUT2D eigenvalue weighted by atomic mass is 35.5. The van der Waals surface area contributed by atoms with Gasteiger partial charge in [-0.05, 0) is 50.2 Å². The van der Waals surface area contributed by atoms with Gasteiger partial charge in [-0.25, -0.2) is 9.37 Å². The molecule has 0 aliphatic carbocycles. The monoisotopic (exact) mass is 409 g/mol. The van der Waals surface area contributed by atoms with Gasteiger partial charge in [0.25, 0.3) is 5.56 Å². The Hall–Kier alpha value is -3.25. The third-order valence-corrected chi connectivity index (χ3v) is 5.00. The van der Waals surface area contributed by atoms with Crippen LogP contribution in [0, 0.1) is 5.82 Å². The number of H-pyrrole nitrogens is 1. The molecule has 3 heterocycles. The second-order valence-corrected chi connectivity index (χ2v) is 7.42. The van der Waals surface area contributed by atoms with Gasteiger partial charge in [-0.3, -0.25) is 9.59 Å². The van der Waals surface area contributed by atoms with E-state index in [-0.39, 0.29) is 27.9 Å². The van der Waals surface area contributed by atoms with Crippen molar-refractivity contribution in [3.05, 3.63) is 86.3 Å². The van der Waals surface area contributed by atoms with Gasteiger partial charge in [-0.1, -0.05) is 11.6 Å². The Morgan fingerprint density at radius 1 is 1.07 bits per heavy atom. The number of hydrogen-bond donors (Lipinski definition) is 1. The highest BCUT2D eigenvalue weighted by molar-refractivity contribution is 6.30. The molecule has 0 fully saturated rings. The molecule has 0 unspecified atom stereocenters. The zero-order valence-corrected chi connectivity index (χ0v) is 16.5. The van der Waals surface area contributed by atoms with Crippen LogP contribution in [0.1, 0.15) is 19.9 Å². The molecule has 0 spiro atoms. The predicted molar refractivity (Wildman–Crippen MR) is 113 cm³/mol. The van der Waals surface area contributed by atoms with E-state index in [0.717, 1.165) is 0 Å². The number of halogens is 2. The van der Waals surface area contributed by atoms with Gasteiger partial charge >= 0.3 is 0 Å². The minimum Gasteiger partial charge on any atom is -0.346 e. The van der Waals surface area contributed by atoms with Crippen LogP contribution in [0.2, 0.25) is 5.02 Å². The molecule has 0 atom stereocenters. The zero-order valence-electron chi connectivity index (χ0n) is 15.7. The Morgan fingerprint density at radius 3 is 2.48 bits per heavy atom. The highest BCUT2D eigenvalue weighted by Gasteiger charge is 2.16. The van der Waals surface area contributed by atoms with E-state index in [4.69, 9.17) is 11.6 Å². The summed E-state index contributed by atoms with van der Waals surface area (Å²) in [6, 6.07) is 10.5. The molecule has 0 aliphatic rings. The Kier molecular flexibility index (Phi) is 4.80. The van der Waals surface area contributed by atoms with Gasteiger partial charge in [-0.15, -0.1) is 0 Å². The second kappa shape index (κ2) is 7.29. The molecule has 0 saturated carbocycles. The van der Waals surface area contributed by atoms with Crippen LogP contribution >= 0.6 is 11.6 Å². The lowest BCUT2D eigenvalue weighted by Crippen LogP contribution is -2.21. The van der Waals surface area contributed by atoms with Crippen LogP contribution in [0.25, 0.3) is 33.4 Å². The van der Waals surface area contributed by atoms with Crippen molar-refractivity contribution in [2.75, 3.05) is 0 Å². The Morgan fingerprint density at radius 2 is 1.79 bits per heavy atom. The number of rotatable bonds is 3. The number of hydrogen-bond acceptors (Lipinski definition) is 3. The molecule has 0 radical (unpaired) electrons. The van der Waals surface area contributed by atoms with Crippen molar-refractivity contribution >= 4 is 22.6 Å². The summed E-state index contributed by atoms with van der Waals surface area (Å²) in [6.07, 6.45) is 3.23. The molecule has 29 heavy (non-hydrogen) atoms. The molecule has 0 saturated heterocycles. The summed E-state index contributed by atoms with van der Waals surface area (Å²) in [5.41, 5.74) is 2.43. The molecule has 0 aliphatic heterocycles. The molecular formula is C22H17ClFN3O2. The standard InChI is InChI=1S/C22H17ClFN3O2/c1-12(2)27-11-14(9-18(23)22(27)29)16-10-17-19(28)7-8-25-21(17)26-20(16)13-3-5-15(24)6-4-13/h3-12H,1-2H3,(H,25,26,28). The van der Waals surface area contributed by atoms with Crippen LogP contribution in [-0.2, 0) is 0 Å². The highest BCUT2D eigenvalue weighted by Crippen LogP contribution is 2.33. The quantitative estimate of drug-likeness (QED) is 0.529. The van der Waals surface area contributed by atoms with Crippen LogP contribution in [-0.4, -0.2) is 14.5 Å². The minimum absolute atomic E-state index is 0.0725. The SMILES string of the molecule is CC(C)n1cc(-c2cc3c(=O)cc[nH]c3nc2-c2ccc(F)cc2)cc(Cl)c1=O. The summed E-state index contributed by atoms with van der Waals surface area (Å²) in [4.78, 5) is 32.3. The lowest BCUT2D eigenvalue weighted by molar-refractivity contribution is 0.579. The first-order valence-corrected chi connectivity index (χ1v) is 9.43. The van der Waals surface area contributed by atoms with Crippen molar-refractivity contribution in [2.45, 2.75) is 19.9 Å². The van der Waals surface area contributed by atoms with Gasteiger partial charge < -0.3 is 9.55 Å². The number of nitrogens with one attached hydrogen (secondary N) is 1. The number of nitrogens with zero attached hydrogens (tertiary/aromatic N) is 2. The first kappa shape index (κ1) is 19.1. The Balaban J connectivity index is 2.09. The van der Waals surface area contributed by atoms with Crippen molar-refractivity contribution in [2.24, 2.45) is 0 Å². The first-order valence-electron chi connectivity index (χ1n) is 9.05. The predicted octanol–water partition coefficient (Wildman–Crippen LogP) is 4.79. The molecule has 146 valence electrons. The van der Waals surface area contributed by atoms with Crippen molar-refractivity contribution in [3.63, 3.8) is 0 Å². The van der Waals surface area contributed by atoms with E-state index >= 15 is 0 Å². The van der Waals surface area contributed by atoms with Gasteiger partial charge in [0.2, 0.25) is 0 Å². The van der Waals surface area contributed by atoms with Gasteiger partial charge in [0.15, 0.2) is 5.43 Å². The fourth-order valence-electron chi connectivity index (χ4n) is 3.24. The molecule has 1 aromatic carbocycles. The number of pyridine rings is 3. The zero-order chi connectivity index (χ0) is 20.7. The topological polar surface area (TPSA) is 67.8 Å². The molecule has 1 N–H and O–H groups in total. The maximum atomic E-state index is 13.4. The smallest absolute Gasteiger partial charge is 0.269 e. The van der Waals surface area contributed by atoms with Crippen molar-refractivity contribution in [3.8, 4) is 22.4 Å². The van der Waals surface area contributed by atoms with Crippen molar-refractivity contribution < 1.29 is 4.39 Å². The maximum absolute atomic E-state index is 13.4. The summed E-state index contributed by atoms with van der Waals surface area (Å²) in [5, 5.41) is 0.482. The number of fused-ring (bicyclic) bond motifs is 1. The fourth-order valence-corrected chi connectivity index (χ4v) is 3.46. The lowest BCUT2D eigenvalue weighted by atomic mass is 9.99. The van der Waals surface area contributed by atoms with E-state index in [2.05, 4.69) is 9.97 Å². The van der Waals surface area contributed by atoms with E-state index in [9.17, 15) is 14.0 Å². The van der Waals surface area contributed by atoms with Crippen molar-refractivity contribution in [1.82, 2.24) is 14.5 Å². The van der Waals surface area contributed by atoms with Gasteiger partial charge in [0.05, 0.1) is 11.1 Å². The normalized spacial score (nSPS) is 11.3. The van der Waals surface area contributed by atoms with E-state index in [1.54, 1.807) is 30.5 Å². The average Bonchev–Trinajstić information content (AvgIpc) is 2.70. The van der Waals surface area contributed by atoms with Crippen LogP contribution in [0.3, 0.4) is 0 Å². The summed E-state index contributed by atoms with van der Waals surface area (Å²) in [7, 11) is 0. The summed E-state index contributed by atoms with van der Waals surface area (Å²) < 4.78 is 15.0. The van der Waals surface area contributed by atoms with Gasteiger partial charge in [-0.2, -0.15) is 0 Å². The van der Waals surface area contributed by atoms with Gasteiger partial charge in [0.1, 0.15) is 16.5 Å². The van der Waals surface area contributed by atoms with Crippen LogP contribution in [0.4, 0.5) is 4.39 Å². The Bertz CT molecular complexity index is 1340. The van der Waals surface area contributed by atoms with E-state index < -0.39 is 0 Å².